The van der Waals surface area contributed by atoms with Gasteiger partial charge in [-0.05, 0) is 31.5 Å². The fourth-order valence-electron chi connectivity index (χ4n) is 1.67. The van der Waals surface area contributed by atoms with Gasteiger partial charge in [-0.1, -0.05) is 13.0 Å². The molecule has 0 amide bonds. The third kappa shape index (κ3) is 4.21. The highest BCUT2D eigenvalue weighted by Crippen LogP contribution is 2.10. The zero-order chi connectivity index (χ0) is 13.5. The lowest BCUT2D eigenvalue weighted by Crippen LogP contribution is -2.06. The first-order valence-corrected chi connectivity index (χ1v) is 6.51. The molecule has 2 heterocycles. The number of aromatic nitrogens is 3. The molecule has 0 aliphatic rings. The summed E-state index contributed by atoms with van der Waals surface area (Å²) in [6.07, 6.45) is 2.85. The number of hydrogen-bond acceptors (Lipinski definition) is 5. The average Bonchev–Trinajstić information content (AvgIpc) is 2.43. The fourth-order valence-corrected chi connectivity index (χ4v) is 1.67. The standard InChI is InChI=1S/C14H19N5/c1-3-8-16-13-5-4-6-14(19-13)17-10-12-7-9-15-11(2)18-12/h4-7,9H,3,8,10H2,1-2H3,(H2,16,17,19). The zero-order valence-electron chi connectivity index (χ0n) is 11.3. The topological polar surface area (TPSA) is 62.7 Å². The van der Waals surface area contributed by atoms with E-state index in [1.165, 1.54) is 0 Å². The van der Waals surface area contributed by atoms with Crippen molar-refractivity contribution in [1.29, 1.82) is 0 Å². The molecule has 19 heavy (non-hydrogen) atoms. The average molecular weight is 257 g/mol. The predicted molar refractivity (Wildman–Crippen MR) is 77.1 cm³/mol. The molecule has 0 aliphatic carbocycles. The van der Waals surface area contributed by atoms with Crippen LogP contribution in [-0.2, 0) is 6.54 Å². The lowest BCUT2D eigenvalue weighted by Gasteiger charge is -2.08. The summed E-state index contributed by atoms with van der Waals surface area (Å²) < 4.78 is 0. The number of nitrogens with one attached hydrogen (secondary N) is 2. The van der Waals surface area contributed by atoms with E-state index in [4.69, 9.17) is 0 Å². The SMILES string of the molecule is CCCNc1cccc(NCc2ccnc(C)n2)n1. The van der Waals surface area contributed by atoms with E-state index in [1.54, 1.807) is 6.20 Å². The Labute approximate surface area is 113 Å². The molecular weight excluding hydrogens is 238 g/mol. The quantitative estimate of drug-likeness (QED) is 0.833. The van der Waals surface area contributed by atoms with Gasteiger partial charge in [-0.2, -0.15) is 0 Å². The van der Waals surface area contributed by atoms with Gasteiger partial charge in [0.2, 0.25) is 0 Å². The minimum absolute atomic E-state index is 0.646. The molecule has 2 aromatic heterocycles. The molecule has 0 saturated carbocycles. The van der Waals surface area contributed by atoms with Crippen molar-refractivity contribution >= 4 is 11.6 Å². The Balaban J connectivity index is 1.95. The summed E-state index contributed by atoms with van der Waals surface area (Å²) in [7, 11) is 0. The van der Waals surface area contributed by atoms with Crippen molar-refractivity contribution in [3.8, 4) is 0 Å². The Morgan fingerprint density at radius 2 is 1.84 bits per heavy atom. The van der Waals surface area contributed by atoms with Crippen LogP contribution in [-0.4, -0.2) is 21.5 Å². The van der Waals surface area contributed by atoms with Crippen LogP contribution in [0.1, 0.15) is 24.9 Å². The number of hydrogen-bond donors (Lipinski definition) is 2. The molecule has 0 spiro atoms. The molecule has 2 rings (SSSR count). The van der Waals surface area contributed by atoms with Crippen LogP contribution in [0.3, 0.4) is 0 Å². The van der Waals surface area contributed by atoms with Crippen molar-refractivity contribution < 1.29 is 0 Å². The van der Waals surface area contributed by atoms with Crippen molar-refractivity contribution in [1.82, 2.24) is 15.0 Å². The van der Waals surface area contributed by atoms with Crippen molar-refractivity contribution in [3.63, 3.8) is 0 Å². The second kappa shape index (κ2) is 6.68. The van der Waals surface area contributed by atoms with Crippen LogP contribution < -0.4 is 10.6 Å². The number of pyridine rings is 1. The monoisotopic (exact) mass is 257 g/mol. The largest absolute Gasteiger partial charge is 0.370 e. The van der Waals surface area contributed by atoms with Gasteiger partial charge in [0, 0.05) is 12.7 Å². The van der Waals surface area contributed by atoms with E-state index in [0.29, 0.717) is 6.54 Å². The summed E-state index contributed by atoms with van der Waals surface area (Å²) in [5.74, 6) is 2.52. The minimum atomic E-state index is 0.646. The molecule has 5 heteroatoms. The summed E-state index contributed by atoms with van der Waals surface area (Å²) in [5.41, 5.74) is 0.959. The molecule has 0 unspecified atom stereocenters. The fraction of sp³-hybridized carbons (Fsp3) is 0.357. The van der Waals surface area contributed by atoms with Gasteiger partial charge in [0.1, 0.15) is 17.5 Å². The molecule has 0 saturated heterocycles. The van der Waals surface area contributed by atoms with Crippen molar-refractivity contribution in [2.45, 2.75) is 26.8 Å². The highest BCUT2D eigenvalue weighted by molar-refractivity contribution is 5.45. The van der Waals surface area contributed by atoms with Gasteiger partial charge < -0.3 is 10.6 Å². The lowest BCUT2D eigenvalue weighted by molar-refractivity contribution is 0.946. The molecule has 100 valence electrons. The second-order valence-electron chi connectivity index (χ2n) is 4.28. The van der Waals surface area contributed by atoms with Crippen LogP contribution >= 0.6 is 0 Å². The highest BCUT2D eigenvalue weighted by Gasteiger charge is 1.99. The Kier molecular flexibility index (Phi) is 4.66. The number of aryl methyl sites for hydroxylation is 1. The smallest absolute Gasteiger partial charge is 0.128 e. The maximum Gasteiger partial charge on any atom is 0.128 e. The Morgan fingerprint density at radius 3 is 2.58 bits per heavy atom. The van der Waals surface area contributed by atoms with Gasteiger partial charge in [-0.15, -0.1) is 0 Å². The maximum atomic E-state index is 4.48. The third-order valence-electron chi connectivity index (χ3n) is 2.59. The summed E-state index contributed by atoms with van der Waals surface area (Å²) in [4.78, 5) is 12.9. The molecule has 0 aromatic carbocycles. The first kappa shape index (κ1) is 13.3. The predicted octanol–water partition coefficient (Wildman–Crippen LogP) is 2.61. The molecule has 2 N–H and O–H groups in total. The van der Waals surface area contributed by atoms with Gasteiger partial charge >= 0.3 is 0 Å². The number of anilines is 2. The van der Waals surface area contributed by atoms with Crippen molar-refractivity contribution in [3.05, 3.63) is 42.0 Å². The molecule has 0 bridgehead atoms. The molecule has 5 nitrogen and oxygen atoms in total. The van der Waals surface area contributed by atoms with Gasteiger partial charge in [-0.3, -0.25) is 0 Å². The molecule has 0 atom stereocenters. The van der Waals surface area contributed by atoms with Crippen molar-refractivity contribution in [2.24, 2.45) is 0 Å². The van der Waals surface area contributed by atoms with E-state index in [0.717, 1.165) is 36.1 Å². The van der Waals surface area contributed by atoms with Crippen molar-refractivity contribution in [2.75, 3.05) is 17.2 Å². The van der Waals surface area contributed by atoms with E-state index in [9.17, 15) is 0 Å². The summed E-state index contributed by atoms with van der Waals surface area (Å²) in [6, 6.07) is 7.80. The van der Waals surface area contributed by atoms with Crippen LogP contribution in [0, 0.1) is 6.92 Å². The van der Waals surface area contributed by atoms with Crippen LogP contribution in [0.5, 0.6) is 0 Å². The van der Waals surface area contributed by atoms with Crippen LogP contribution in [0.15, 0.2) is 30.5 Å². The van der Waals surface area contributed by atoms with Gasteiger partial charge in [-0.25, -0.2) is 15.0 Å². The van der Waals surface area contributed by atoms with Crippen LogP contribution in [0.2, 0.25) is 0 Å². The maximum absolute atomic E-state index is 4.48. The first-order valence-electron chi connectivity index (χ1n) is 6.51. The van der Waals surface area contributed by atoms with E-state index in [2.05, 4.69) is 32.5 Å². The highest BCUT2D eigenvalue weighted by atomic mass is 15.1. The van der Waals surface area contributed by atoms with E-state index in [-0.39, 0.29) is 0 Å². The van der Waals surface area contributed by atoms with Gasteiger partial charge in [0.05, 0.1) is 12.2 Å². The number of rotatable bonds is 6. The van der Waals surface area contributed by atoms with Gasteiger partial charge in [0.25, 0.3) is 0 Å². The zero-order valence-corrected chi connectivity index (χ0v) is 11.3. The third-order valence-corrected chi connectivity index (χ3v) is 2.59. The molecular formula is C14H19N5. The lowest BCUT2D eigenvalue weighted by atomic mass is 10.3. The Hall–Kier alpha value is -2.17. The van der Waals surface area contributed by atoms with E-state index < -0.39 is 0 Å². The minimum Gasteiger partial charge on any atom is -0.370 e. The van der Waals surface area contributed by atoms with E-state index >= 15 is 0 Å². The first-order chi connectivity index (χ1) is 9.28. The summed E-state index contributed by atoms with van der Waals surface area (Å²) in [6.45, 7) is 5.60. The molecule has 0 fully saturated rings. The molecule has 0 aliphatic heterocycles. The van der Waals surface area contributed by atoms with Crippen LogP contribution in [0.4, 0.5) is 11.6 Å². The summed E-state index contributed by atoms with van der Waals surface area (Å²) >= 11 is 0. The van der Waals surface area contributed by atoms with Gasteiger partial charge in [0.15, 0.2) is 0 Å². The second-order valence-corrected chi connectivity index (χ2v) is 4.28. The molecule has 0 radical (unpaired) electrons. The van der Waals surface area contributed by atoms with E-state index in [1.807, 2.05) is 31.2 Å². The Bertz CT molecular complexity index is 527. The summed E-state index contributed by atoms with van der Waals surface area (Å²) in [5, 5.41) is 6.53. The Morgan fingerprint density at radius 1 is 1.05 bits per heavy atom. The van der Waals surface area contributed by atoms with Crippen LogP contribution in [0.25, 0.3) is 0 Å². The molecule has 2 aromatic rings. The number of nitrogens with zero attached hydrogens (tertiary/aromatic N) is 3. The normalized spacial score (nSPS) is 10.2.